The number of rotatable bonds is 5. The van der Waals surface area contributed by atoms with Crippen molar-refractivity contribution in [1.29, 1.82) is 0 Å². The number of para-hydroxylation sites is 1. The van der Waals surface area contributed by atoms with E-state index >= 15 is 0 Å². The molecule has 2 heterocycles. The highest BCUT2D eigenvalue weighted by Crippen LogP contribution is 2.32. The summed E-state index contributed by atoms with van der Waals surface area (Å²) in [7, 11) is 0. The third-order valence-corrected chi connectivity index (χ3v) is 5.68. The number of nitrogens with zero attached hydrogens (tertiary/aromatic N) is 2. The summed E-state index contributed by atoms with van der Waals surface area (Å²) in [6.45, 7) is 3.89. The molecule has 172 valence electrons. The van der Waals surface area contributed by atoms with Crippen LogP contribution in [0.4, 0.5) is 5.69 Å². The highest BCUT2D eigenvalue weighted by molar-refractivity contribution is 6.18. The first kappa shape index (κ1) is 22.0. The molecule has 0 fully saturated rings. The quantitative estimate of drug-likeness (QED) is 0.367. The van der Waals surface area contributed by atoms with Gasteiger partial charge in [-0.25, -0.2) is 4.68 Å². The Labute approximate surface area is 200 Å². The van der Waals surface area contributed by atoms with Crippen LogP contribution < -0.4 is 10.7 Å². The van der Waals surface area contributed by atoms with Crippen molar-refractivity contribution in [3.05, 3.63) is 123 Å². The lowest BCUT2D eigenvalue weighted by Crippen LogP contribution is -2.26. The third-order valence-electron chi connectivity index (χ3n) is 5.68. The minimum Gasteiger partial charge on any atom is -0.450 e. The smallest absolute Gasteiger partial charge is 0.280 e. The van der Waals surface area contributed by atoms with Crippen molar-refractivity contribution in [3.63, 3.8) is 0 Å². The van der Waals surface area contributed by atoms with Gasteiger partial charge in [-0.15, -0.1) is 0 Å². The minimum atomic E-state index is -0.735. The Balaban J connectivity index is 1.55. The van der Waals surface area contributed by atoms with Gasteiger partial charge >= 0.3 is 0 Å². The number of ketones is 1. The highest BCUT2D eigenvalue weighted by atomic mass is 16.3. The van der Waals surface area contributed by atoms with Gasteiger partial charge in [-0.1, -0.05) is 59.7 Å². The molecule has 0 saturated heterocycles. The van der Waals surface area contributed by atoms with Crippen LogP contribution in [0.25, 0.3) is 16.7 Å². The van der Waals surface area contributed by atoms with Gasteiger partial charge in [0.15, 0.2) is 11.5 Å². The maximum Gasteiger partial charge on any atom is 0.280 e. The fourth-order valence-corrected chi connectivity index (χ4v) is 3.74. The van der Waals surface area contributed by atoms with Crippen LogP contribution >= 0.6 is 0 Å². The van der Waals surface area contributed by atoms with E-state index in [-0.39, 0.29) is 22.9 Å². The first-order valence-corrected chi connectivity index (χ1v) is 11.0. The summed E-state index contributed by atoms with van der Waals surface area (Å²) in [5, 5.41) is 7.51. The van der Waals surface area contributed by atoms with Gasteiger partial charge in [0.1, 0.15) is 5.58 Å². The number of benzene rings is 3. The number of amides is 1. The summed E-state index contributed by atoms with van der Waals surface area (Å²) < 4.78 is 7.31. The van der Waals surface area contributed by atoms with Gasteiger partial charge in [0.05, 0.1) is 11.4 Å². The predicted octanol–water partition coefficient (Wildman–Crippen LogP) is 5.08. The summed E-state index contributed by atoms with van der Waals surface area (Å²) in [6.07, 6.45) is 1.50. The average Bonchev–Trinajstić information content (AvgIpc) is 3.23. The molecular formula is C28H21N3O4. The van der Waals surface area contributed by atoms with Crippen LogP contribution in [0.3, 0.4) is 0 Å². The molecule has 2 aromatic heterocycles. The topological polar surface area (TPSA) is 94.2 Å². The van der Waals surface area contributed by atoms with Gasteiger partial charge in [-0.2, -0.15) is 5.10 Å². The first-order chi connectivity index (χ1) is 16.9. The molecule has 1 N–H and O–H groups in total. The SMILES string of the molecule is Cc1ccc(C(=O)c2oc3ccccc3c2NC(=O)c2nn(-c3ccc(C)cc3)ccc2=O)cc1. The Morgan fingerprint density at radius 2 is 1.51 bits per heavy atom. The molecule has 0 atom stereocenters. The minimum absolute atomic E-state index is 0.0156. The lowest BCUT2D eigenvalue weighted by Gasteiger charge is -2.09. The van der Waals surface area contributed by atoms with Crippen LogP contribution in [0, 0.1) is 13.8 Å². The average molecular weight is 463 g/mol. The predicted molar refractivity (Wildman–Crippen MR) is 133 cm³/mol. The molecule has 5 rings (SSSR count). The molecule has 3 aromatic carbocycles. The van der Waals surface area contributed by atoms with E-state index in [1.165, 1.54) is 16.9 Å². The van der Waals surface area contributed by atoms with Crippen molar-refractivity contribution >= 4 is 28.3 Å². The van der Waals surface area contributed by atoms with E-state index in [1.54, 1.807) is 36.4 Å². The summed E-state index contributed by atoms with van der Waals surface area (Å²) in [4.78, 5) is 39.0. The van der Waals surface area contributed by atoms with Crippen LogP contribution in [-0.4, -0.2) is 21.5 Å². The molecule has 0 aliphatic heterocycles. The van der Waals surface area contributed by atoms with Crippen LogP contribution in [0.1, 0.15) is 37.7 Å². The van der Waals surface area contributed by atoms with Gasteiger partial charge in [0.25, 0.3) is 5.91 Å². The summed E-state index contributed by atoms with van der Waals surface area (Å²) >= 11 is 0. The third kappa shape index (κ3) is 4.27. The lowest BCUT2D eigenvalue weighted by molar-refractivity contribution is 0.101. The Hall–Kier alpha value is -4.78. The van der Waals surface area contributed by atoms with E-state index in [4.69, 9.17) is 4.42 Å². The number of carbonyl (C=O) groups is 2. The molecule has 0 aliphatic rings. The van der Waals surface area contributed by atoms with E-state index in [0.29, 0.717) is 22.2 Å². The molecule has 0 bridgehead atoms. The second-order valence-corrected chi connectivity index (χ2v) is 8.26. The van der Waals surface area contributed by atoms with Crippen molar-refractivity contribution < 1.29 is 14.0 Å². The number of fused-ring (bicyclic) bond motifs is 1. The molecule has 7 heteroatoms. The molecular weight excluding hydrogens is 442 g/mol. The van der Waals surface area contributed by atoms with Crippen molar-refractivity contribution in [2.75, 3.05) is 5.32 Å². The van der Waals surface area contributed by atoms with Gasteiger partial charge < -0.3 is 9.73 Å². The Morgan fingerprint density at radius 3 is 2.23 bits per heavy atom. The summed E-state index contributed by atoms with van der Waals surface area (Å²) in [5.74, 6) is -1.13. The second kappa shape index (κ2) is 8.87. The monoisotopic (exact) mass is 463 g/mol. The summed E-state index contributed by atoms with van der Waals surface area (Å²) in [5.41, 5.74) is 3.01. The molecule has 1 amide bonds. The van der Waals surface area contributed by atoms with E-state index < -0.39 is 11.3 Å². The standard InChI is InChI=1S/C28H21N3O4/c1-17-7-11-19(12-8-17)26(33)27-24(21-5-3-4-6-23(21)35-27)29-28(34)25-22(32)15-16-31(30-25)20-13-9-18(2)10-14-20/h3-16H,1-2H3,(H,29,34). The van der Waals surface area contributed by atoms with E-state index in [1.807, 2.05) is 50.2 Å². The number of aromatic nitrogens is 2. The van der Waals surface area contributed by atoms with Gasteiger partial charge in [0, 0.05) is 23.2 Å². The van der Waals surface area contributed by atoms with Gasteiger partial charge in [-0.3, -0.25) is 14.4 Å². The number of aryl methyl sites for hydroxylation is 2. The van der Waals surface area contributed by atoms with Crippen LogP contribution in [0.15, 0.2) is 94.3 Å². The van der Waals surface area contributed by atoms with E-state index in [0.717, 1.165) is 11.1 Å². The Bertz CT molecular complexity index is 1630. The number of nitrogens with one attached hydrogen (secondary N) is 1. The zero-order valence-electron chi connectivity index (χ0n) is 19.1. The molecule has 0 aliphatic carbocycles. The molecule has 0 radical (unpaired) electrons. The molecule has 0 spiro atoms. The van der Waals surface area contributed by atoms with Crippen LogP contribution in [-0.2, 0) is 0 Å². The van der Waals surface area contributed by atoms with Crippen molar-refractivity contribution in [2.45, 2.75) is 13.8 Å². The van der Waals surface area contributed by atoms with Crippen LogP contribution in [0.5, 0.6) is 0 Å². The molecule has 0 saturated carbocycles. The van der Waals surface area contributed by atoms with Gasteiger partial charge in [0.2, 0.25) is 11.2 Å². The fraction of sp³-hybridized carbons (Fsp3) is 0.0714. The number of furan rings is 1. The maximum atomic E-state index is 13.3. The van der Waals surface area contributed by atoms with Crippen LogP contribution in [0.2, 0.25) is 0 Å². The van der Waals surface area contributed by atoms with E-state index in [2.05, 4.69) is 10.4 Å². The van der Waals surface area contributed by atoms with Crippen molar-refractivity contribution in [3.8, 4) is 5.69 Å². The largest absolute Gasteiger partial charge is 0.450 e. The Kier molecular flexibility index (Phi) is 5.58. The zero-order chi connectivity index (χ0) is 24.5. The number of carbonyl (C=O) groups excluding carboxylic acids is 2. The second-order valence-electron chi connectivity index (χ2n) is 8.26. The number of hydrogen-bond donors (Lipinski definition) is 1. The highest BCUT2D eigenvalue weighted by Gasteiger charge is 2.25. The fourth-order valence-electron chi connectivity index (χ4n) is 3.74. The summed E-state index contributed by atoms with van der Waals surface area (Å²) in [6, 6.07) is 22.9. The number of anilines is 1. The van der Waals surface area contributed by atoms with Gasteiger partial charge in [-0.05, 0) is 38.1 Å². The number of hydrogen-bond acceptors (Lipinski definition) is 5. The van der Waals surface area contributed by atoms with Crippen molar-refractivity contribution in [1.82, 2.24) is 9.78 Å². The van der Waals surface area contributed by atoms with Crippen molar-refractivity contribution in [2.24, 2.45) is 0 Å². The normalized spacial score (nSPS) is 10.9. The molecule has 0 unspecified atom stereocenters. The van der Waals surface area contributed by atoms with E-state index in [9.17, 15) is 14.4 Å². The molecule has 5 aromatic rings. The maximum absolute atomic E-state index is 13.3. The molecule has 7 nitrogen and oxygen atoms in total. The lowest BCUT2D eigenvalue weighted by atomic mass is 10.1. The molecule has 35 heavy (non-hydrogen) atoms. The first-order valence-electron chi connectivity index (χ1n) is 11.0. The Morgan fingerprint density at radius 1 is 0.857 bits per heavy atom. The zero-order valence-corrected chi connectivity index (χ0v) is 19.1.